The Bertz CT molecular complexity index is 706. The SMILES string of the molecule is CCNc1ccc(S(=O)(=O)C(F)F)cc1NC(=O)C(C)C1CNC1. The first kappa shape index (κ1) is 18.6. The lowest BCUT2D eigenvalue weighted by Gasteiger charge is -2.31. The van der Waals surface area contributed by atoms with Gasteiger partial charge in [-0.2, -0.15) is 8.78 Å². The minimum atomic E-state index is -4.72. The maximum Gasteiger partial charge on any atom is 0.341 e. The molecule has 0 aliphatic carbocycles. The van der Waals surface area contributed by atoms with Crippen LogP contribution >= 0.6 is 0 Å². The van der Waals surface area contributed by atoms with Gasteiger partial charge in [0.25, 0.3) is 0 Å². The molecule has 0 aromatic heterocycles. The van der Waals surface area contributed by atoms with E-state index >= 15 is 0 Å². The monoisotopic (exact) mass is 361 g/mol. The van der Waals surface area contributed by atoms with Gasteiger partial charge in [0, 0.05) is 12.5 Å². The predicted molar refractivity (Wildman–Crippen MR) is 87.9 cm³/mol. The standard InChI is InChI=1S/C15H21F2N3O3S/c1-3-19-12-5-4-11(24(22,23)15(16)17)6-13(12)20-14(21)9(2)10-7-18-8-10/h4-6,9-10,15,18-19H,3,7-8H2,1-2H3,(H,20,21). The number of hydrogen-bond acceptors (Lipinski definition) is 5. The summed E-state index contributed by atoms with van der Waals surface area (Å²) >= 11 is 0. The Labute approximate surface area is 139 Å². The number of sulfone groups is 1. The van der Waals surface area contributed by atoms with Crippen molar-refractivity contribution in [2.24, 2.45) is 11.8 Å². The van der Waals surface area contributed by atoms with Gasteiger partial charge in [0.1, 0.15) is 0 Å². The van der Waals surface area contributed by atoms with E-state index in [0.717, 1.165) is 25.2 Å². The second kappa shape index (κ2) is 7.43. The quantitative estimate of drug-likeness (QED) is 0.691. The molecular formula is C15H21F2N3O3S. The summed E-state index contributed by atoms with van der Waals surface area (Å²) in [5.41, 5.74) is 0.667. The zero-order valence-corrected chi connectivity index (χ0v) is 14.3. The molecule has 1 heterocycles. The Kier molecular flexibility index (Phi) is 5.76. The Morgan fingerprint density at radius 3 is 2.50 bits per heavy atom. The Morgan fingerprint density at radius 2 is 2.00 bits per heavy atom. The van der Waals surface area contributed by atoms with Crippen LogP contribution in [0.1, 0.15) is 13.8 Å². The average Bonchev–Trinajstić information content (AvgIpc) is 2.47. The van der Waals surface area contributed by atoms with Crippen LogP contribution in [0, 0.1) is 11.8 Å². The van der Waals surface area contributed by atoms with Crippen LogP contribution in [-0.2, 0) is 14.6 Å². The predicted octanol–water partition coefficient (Wildman–Crippen LogP) is 1.91. The third kappa shape index (κ3) is 3.84. The number of amides is 1. The number of alkyl halides is 2. The Hall–Kier alpha value is -1.74. The minimum Gasteiger partial charge on any atom is -0.384 e. The van der Waals surface area contributed by atoms with Gasteiger partial charge < -0.3 is 16.0 Å². The lowest BCUT2D eigenvalue weighted by molar-refractivity contribution is -0.121. The van der Waals surface area contributed by atoms with Gasteiger partial charge >= 0.3 is 5.76 Å². The van der Waals surface area contributed by atoms with Crippen LogP contribution in [0.4, 0.5) is 20.2 Å². The summed E-state index contributed by atoms with van der Waals surface area (Å²) in [4.78, 5) is 11.8. The number of nitrogens with one attached hydrogen (secondary N) is 3. The zero-order chi connectivity index (χ0) is 17.9. The van der Waals surface area contributed by atoms with Crippen molar-refractivity contribution in [3.63, 3.8) is 0 Å². The zero-order valence-electron chi connectivity index (χ0n) is 13.5. The fourth-order valence-corrected chi connectivity index (χ4v) is 3.12. The van der Waals surface area contributed by atoms with Gasteiger partial charge in [0.05, 0.1) is 16.3 Å². The molecule has 1 aromatic carbocycles. The van der Waals surface area contributed by atoms with Gasteiger partial charge in [0.2, 0.25) is 15.7 Å². The van der Waals surface area contributed by atoms with E-state index in [9.17, 15) is 22.0 Å². The first-order valence-electron chi connectivity index (χ1n) is 7.69. The molecule has 1 amide bonds. The van der Waals surface area contributed by atoms with Crippen molar-refractivity contribution < 1.29 is 22.0 Å². The summed E-state index contributed by atoms with van der Waals surface area (Å²) in [7, 11) is -4.72. The van der Waals surface area contributed by atoms with Crippen LogP contribution in [-0.4, -0.2) is 39.7 Å². The summed E-state index contributed by atoms with van der Waals surface area (Å²) in [6, 6.07) is 3.56. The van der Waals surface area contributed by atoms with E-state index in [0.29, 0.717) is 12.2 Å². The third-order valence-electron chi connectivity index (χ3n) is 4.11. The molecule has 1 aliphatic rings. The summed E-state index contributed by atoms with van der Waals surface area (Å²) in [6.45, 7) is 5.64. The van der Waals surface area contributed by atoms with Gasteiger partial charge in [-0.05, 0) is 44.1 Å². The van der Waals surface area contributed by atoms with E-state index in [4.69, 9.17) is 0 Å². The van der Waals surface area contributed by atoms with Crippen molar-refractivity contribution in [1.29, 1.82) is 0 Å². The molecule has 1 fully saturated rings. The highest BCUT2D eigenvalue weighted by Gasteiger charge is 2.30. The highest BCUT2D eigenvalue weighted by Crippen LogP contribution is 2.29. The van der Waals surface area contributed by atoms with Crippen LogP contribution in [0.25, 0.3) is 0 Å². The number of carbonyl (C=O) groups excluding carboxylic acids is 1. The third-order valence-corrected chi connectivity index (χ3v) is 5.49. The van der Waals surface area contributed by atoms with Gasteiger partial charge in [0.15, 0.2) is 0 Å². The number of anilines is 2. The maximum absolute atomic E-state index is 12.7. The van der Waals surface area contributed by atoms with Crippen LogP contribution in [0.15, 0.2) is 23.1 Å². The first-order chi connectivity index (χ1) is 11.3. The lowest BCUT2D eigenvalue weighted by atomic mass is 9.88. The molecule has 6 nitrogen and oxygen atoms in total. The number of carbonyl (C=O) groups is 1. The number of hydrogen-bond donors (Lipinski definition) is 3. The number of halogens is 2. The highest BCUT2D eigenvalue weighted by molar-refractivity contribution is 7.91. The molecule has 1 unspecified atom stereocenters. The fourth-order valence-electron chi connectivity index (χ4n) is 2.38. The van der Waals surface area contributed by atoms with Crippen LogP contribution < -0.4 is 16.0 Å². The molecule has 0 bridgehead atoms. The fraction of sp³-hybridized carbons (Fsp3) is 0.533. The maximum atomic E-state index is 12.7. The van der Waals surface area contributed by atoms with E-state index in [1.165, 1.54) is 6.07 Å². The highest BCUT2D eigenvalue weighted by atomic mass is 32.2. The molecular weight excluding hydrogens is 340 g/mol. The van der Waals surface area contributed by atoms with E-state index in [1.807, 2.05) is 6.92 Å². The molecule has 0 radical (unpaired) electrons. The average molecular weight is 361 g/mol. The van der Waals surface area contributed by atoms with Crippen LogP contribution in [0.5, 0.6) is 0 Å². The molecule has 1 aromatic rings. The Morgan fingerprint density at radius 1 is 1.33 bits per heavy atom. The summed E-state index contributed by atoms with van der Waals surface area (Å²) in [5.74, 6) is -3.84. The summed E-state index contributed by atoms with van der Waals surface area (Å²) in [5, 5.41) is 8.71. The molecule has 9 heteroatoms. The van der Waals surface area contributed by atoms with Gasteiger partial charge in [-0.25, -0.2) is 8.42 Å². The normalized spacial score (nSPS) is 16.5. The molecule has 1 atom stereocenters. The van der Waals surface area contributed by atoms with Crippen LogP contribution in [0.3, 0.4) is 0 Å². The van der Waals surface area contributed by atoms with Crippen molar-refractivity contribution in [3.8, 4) is 0 Å². The molecule has 1 aliphatic heterocycles. The minimum absolute atomic E-state index is 0.183. The topological polar surface area (TPSA) is 87.3 Å². The summed E-state index contributed by atoms with van der Waals surface area (Å²) < 4.78 is 48.8. The number of rotatable bonds is 7. The molecule has 0 saturated carbocycles. The molecule has 1 saturated heterocycles. The van der Waals surface area contributed by atoms with E-state index in [1.54, 1.807) is 6.92 Å². The first-order valence-corrected chi connectivity index (χ1v) is 9.23. The number of benzene rings is 1. The van der Waals surface area contributed by atoms with Crippen LogP contribution in [0.2, 0.25) is 0 Å². The van der Waals surface area contributed by atoms with Gasteiger partial charge in [-0.1, -0.05) is 6.92 Å². The van der Waals surface area contributed by atoms with E-state index in [2.05, 4.69) is 16.0 Å². The summed E-state index contributed by atoms with van der Waals surface area (Å²) in [6.07, 6.45) is 0. The molecule has 24 heavy (non-hydrogen) atoms. The van der Waals surface area contributed by atoms with Crippen molar-refractivity contribution >= 4 is 27.1 Å². The molecule has 3 N–H and O–H groups in total. The van der Waals surface area contributed by atoms with Crippen molar-refractivity contribution in [3.05, 3.63) is 18.2 Å². The lowest BCUT2D eigenvalue weighted by Crippen LogP contribution is -2.48. The smallest absolute Gasteiger partial charge is 0.341 e. The largest absolute Gasteiger partial charge is 0.384 e. The Balaban J connectivity index is 2.29. The molecule has 0 spiro atoms. The molecule has 2 rings (SSSR count). The second-order valence-corrected chi connectivity index (χ2v) is 7.66. The van der Waals surface area contributed by atoms with Crippen molar-refractivity contribution in [1.82, 2.24) is 5.32 Å². The second-order valence-electron chi connectivity index (χ2n) is 5.74. The van der Waals surface area contributed by atoms with E-state index < -0.39 is 20.5 Å². The molecule has 134 valence electrons. The van der Waals surface area contributed by atoms with E-state index in [-0.39, 0.29) is 23.4 Å². The van der Waals surface area contributed by atoms with Gasteiger partial charge in [-0.3, -0.25) is 4.79 Å². The van der Waals surface area contributed by atoms with Crippen molar-refractivity contribution in [2.45, 2.75) is 24.5 Å². The van der Waals surface area contributed by atoms with Gasteiger partial charge in [-0.15, -0.1) is 0 Å². The van der Waals surface area contributed by atoms with Crippen molar-refractivity contribution in [2.75, 3.05) is 30.3 Å².